The van der Waals surface area contributed by atoms with Crippen LogP contribution in [0.1, 0.15) is 32.6 Å². The van der Waals surface area contributed by atoms with E-state index < -0.39 is 0 Å². The molecule has 5 heteroatoms. The summed E-state index contributed by atoms with van der Waals surface area (Å²) in [5, 5.41) is 6.35. The summed E-state index contributed by atoms with van der Waals surface area (Å²) in [7, 11) is 0. The van der Waals surface area contributed by atoms with E-state index in [-0.39, 0.29) is 5.91 Å². The molecule has 18 heavy (non-hydrogen) atoms. The number of ether oxygens (including phenoxy) is 1. The molecule has 0 radical (unpaired) electrons. The van der Waals surface area contributed by atoms with E-state index in [0.717, 1.165) is 38.1 Å². The monoisotopic (exact) mass is 274 g/mol. The lowest BCUT2D eigenvalue weighted by atomic mass is 10.1. The number of carbonyl (C=O) groups excluding carboxylic acids is 1. The predicted molar refractivity (Wildman–Crippen MR) is 77.1 cm³/mol. The number of thioether (sulfide) groups is 1. The molecule has 0 aromatic carbocycles. The first-order valence-electron chi connectivity index (χ1n) is 6.86. The van der Waals surface area contributed by atoms with Gasteiger partial charge in [-0.2, -0.15) is 11.8 Å². The fourth-order valence-corrected chi connectivity index (χ4v) is 2.76. The molecule has 4 nitrogen and oxygen atoms in total. The lowest BCUT2D eigenvalue weighted by Gasteiger charge is -2.23. The summed E-state index contributed by atoms with van der Waals surface area (Å²) < 4.78 is 5.72. The van der Waals surface area contributed by atoms with Crippen LogP contribution in [0.5, 0.6) is 0 Å². The van der Waals surface area contributed by atoms with E-state index >= 15 is 0 Å². The van der Waals surface area contributed by atoms with Crippen LogP contribution in [0.2, 0.25) is 0 Å². The number of amides is 1. The van der Waals surface area contributed by atoms with Gasteiger partial charge in [0.15, 0.2) is 0 Å². The number of hydrogen-bond acceptors (Lipinski definition) is 4. The zero-order chi connectivity index (χ0) is 13.2. The minimum atomic E-state index is 0.116. The van der Waals surface area contributed by atoms with E-state index in [1.54, 1.807) is 11.8 Å². The molecule has 1 heterocycles. The summed E-state index contributed by atoms with van der Waals surface area (Å²) in [6.07, 6.45) is 6.00. The second-order valence-corrected chi connectivity index (χ2v) is 5.61. The van der Waals surface area contributed by atoms with Gasteiger partial charge in [-0.25, -0.2) is 0 Å². The number of piperidine rings is 1. The Morgan fingerprint density at radius 1 is 1.50 bits per heavy atom. The number of rotatable bonds is 8. The third kappa shape index (κ3) is 6.61. The molecule has 0 spiro atoms. The highest BCUT2D eigenvalue weighted by atomic mass is 32.2. The lowest BCUT2D eigenvalue weighted by molar-refractivity contribution is -0.123. The van der Waals surface area contributed by atoms with Gasteiger partial charge in [0.25, 0.3) is 0 Å². The highest BCUT2D eigenvalue weighted by molar-refractivity contribution is 7.98. The molecule has 1 amide bonds. The van der Waals surface area contributed by atoms with Crippen LogP contribution in [0.4, 0.5) is 0 Å². The Balaban J connectivity index is 2.08. The molecule has 1 rings (SSSR count). The summed E-state index contributed by atoms with van der Waals surface area (Å²) >= 11 is 1.77. The average molecular weight is 274 g/mol. The van der Waals surface area contributed by atoms with Crippen molar-refractivity contribution in [1.29, 1.82) is 0 Å². The van der Waals surface area contributed by atoms with E-state index in [1.807, 2.05) is 0 Å². The topological polar surface area (TPSA) is 50.4 Å². The third-order valence-corrected chi connectivity index (χ3v) is 3.93. The van der Waals surface area contributed by atoms with Crippen molar-refractivity contribution in [3.05, 3.63) is 0 Å². The minimum absolute atomic E-state index is 0.116. The molecular weight excluding hydrogens is 248 g/mol. The molecular formula is C13H26N2O2S. The van der Waals surface area contributed by atoms with Crippen molar-refractivity contribution in [2.45, 2.75) is 44.8 Å². The molecule has 1 fully saturated rings. The van der Waals surface area contributed by atoms with Gasteiger partial charge in [-0.3, -0.25) is 4.79 Å². The quantitative estimate of drug-likeness (QED) is 0.702. The van der Waals surface area contributed by atoms with Gasteiger partial charge in [0, 0.05) is 18.2 Å². The molecule has 1 unspecified atom stereocenters. The van der Waals surface area contributed by atoms with Crippen LogP contribution in [-0.4, -0.2) is 49.8 Å². The molecule has 0 aromatic heterocycles. The van der Waals surface area contributed by atoms with Crippen molar-refractivity contribution >= 4 is 17.7 Å². The van der Waals surface area contributed by atoms with Gasteiger partial charge in [-0.1, -0.05) is 6.92 Å². The minimum Gasteiger partial charge on any atom is -0.378 e. The summed E-state index contributed by atoms with van der Waals surface area (Å²) in [5.74, 6) is 1.10. The summed E-state index contributed by atoms with van der Waals surface area (Å²) in [6, 6.07) is 0.298. The lowest BCUT2D eigenvalue weighted by Crippen LogP contribution is -2.37. The second-order valence-electron chi connectivity index (χ2n) is 4.70. The fraction of sp³-hybridized carbons (Fsp3) is 0.923. The first-order chi connectivity index (χ1) is 8.76. The van der Waals surface area contributed by atoms with Gasteiger partial charge in [0.05, 0.1) is 12.7 Å². The van der Waals surface area contributed by atoms with E-state index in [0.29, 0.717) is 25.2 Å². The Labute approximate surface area is 115 Å². The molecule has 1 aliphatic heterocycles. The van der Waals surface area contributed by atoms with Gasteiger partial charge in [0.1, 0.15) is 0 Å². The Bertz CT molecular complexity index is 233. The Morgan fingerprint density at radius 3 is 2.83 bits per heavy atom. The van der Waals surface area contributed by atoms with Crippen molar-refractivity contribution in [3.8, 4) is 0 Å². The number of carbonyl (C=O) groups is 1. The van der Waals surface area contributed by atoms with E-state index in [2.05, 4.69) is 23.8 Å². The Morgan fingerprint density at radius 2 is 2.22 bits per heavy atom. The van der Waals surface area contributed by atoms with Crippen LogP contribution in [0, 0.1) is 0 Å². The van der Waals surface area contributed by atoms with E-state index in [1.165, 1.54) is 0 Å². The molecule has 0 bridgehead atoms. The molecule has 1 saturated heterocycles. The highest BCUT2D eigenvalue weighted by Crippen LogP contribution is 2.07. The number of nitrogens with one attached hydrogen (secondary N) is 2. The predicted octanol–water partition coefficient (Wildman–Crippen LogP) is 1.40. The van der Waals surface area contributed by atoms with Gasteiger partial charge in [-0.15, -0.1) is 0 Å². The largest absolute Gasteiger partial charge is 0.378 e. The van der Waals surface area contributed by atoms with Gasteiger partial charge < -0.3 is 15.4 Å². The summed E-state index contributed by atoms with van der Waals surface area (Å²) in [6.45, 7) is 4.71. The van der Waals surface area contributed by atoms with E-state index in [9.17, 15) is 4.79 Å². The van der Waals surface area contributed by atoms with Crippen molar-refractivity contribution < 1.29 is 9.53 Å². The summed E-state index contributed by atoms with van der Waals surface area (Å²) in [4.78, 5) is 11.7. The third-order valence-electron chi connectivity index (χ3n) is 3.19. The smallest absolute Gasteiger partial charge is 0.222 e. The average Bonchev–Trinajstić information content (AvgIpc) is 2.39. The van der Waals surface area contributed by atoms with Gasteiger partial charge in [0.2, 0.25) is 5.91 Å². The van der Waals surface area contributed by atoms with Crippen LogP contribution < -0.4 is 10.6 Å². The molecule has 0 aliphatic carbocycles. The van der Waals surface area contributed by atoms with Crippen LogP contribution >= 0.6 is 11.8 Å². The molecule has 0 saturated carbocycles. The van der Waals surface area contributed by atoms with Crippen LogP contribution in [0.3, 0.4) is 0 Å². The standard InChI is InChI=1S/C13H26N2O2S/c1-3-11(10-18-2)15-13(16)6-9-17-12-4-7-14-8-5-12/h11-12,14H,3-10H2,1-2H3,(H,15,16). The molecule has 1 aliphatic rings. The Kier molecular flexibility index (Phi) is 8.46. The zero-order valence-electron chi connectivity index (χ0n) is 11.5. The molecule has 2 N–H and O–H groups in total. The molecule has 106 valence electrons. The van der Waals surface area contributed by atoms with E-state index in [4.69, 9.17) is 4.74 Å². The SMILES string of the molecule is CCC(CSC)NC(=O)CCOC1CCNCC1. The van der Waals surface area contributed by atoms with Crippen molar-refractivity contribution in [2.75, 3.05) is 31.7 Å². The molecule has 1 atom stereocenters. The van der Waals surface area contributed by atoms with Crippen molar-refractivity contribution in [3.63, 3.8) is 0 Å². The maximum Gasteiger partial charge on any atom is 0.222 e. The van der Waals surface area contributed by atoms with Crippen LogP contribution in [0.15, 0.2) is 0 Å². The second kappa shape index (κ2) is 9.64. The highest BCUT2D eigenvalue weighted by Gasteiger charge is 2.14. The van der Waals surface area contributed by atoms with Gasteiger partial charge >= 0.3 is 0 Å². The summed E-state index contributed by atoms with van der Waals surface area (Å²) in [5.41, 5.74) is 0. The van der Waals surface area contributed by atoms with Crippen molar-refractivity contribution in [1.82, 2.24) is 10.6 Å². The molecule has 0 aromatic rings. The normalized spacial score (nSPS) is 18.6. The van der Waals surface area contributed by atoms with Crippen LogP contribution in [0.25, 0.3) is 0 Å². The fourth-order valence-electron chi connectivity index (χ4n) is 2.04. The first kappa shape index (κ1) is 15.8. The maximum atomic E-state index is 11.7. The Hall–Kier alpha value is -0.260. The van der Waals surface area contributed by atoms with Gasteiger partial charge in [-0.05, 0) is 38.6 Å². The maximum absolute atomic E-state index is 11.7. The van der Waals surface area contributed by atoms with Crippen LogP contribution in [-0.2, 0) is 9.53 Å². The van der Waals surface area contributed by atoms with Crippen molar-refractivity contribution in [2.24, 2.45) is 0 Å². The first-order valence-corrected chi connectivity index (χ1v) is 8.26. The number of hydrogen-bond donors (Lipinski definition) is 2. The zero-order valence-corrected chi connectivity index (χ0v) is 12.4.